The van der Waals surface area contributed by atoms with Gasteiger partial charge >= 0.3 is 0 Å². The maximum atomic E-state index is 11.2. The predicted octanol–water partition coefficient (Wildman–Crippen LogP) is 2.37. The lowest BCUT2D eigenvalue weighted by Crippen LogP contribution is -2.24. The first-order valence-electron chi connectivity index (χ1n) is 6.10. The number of nitrogens with zero attached hydrogens (tertiary/aromatic N) is 1. The minimum Gasteiger partial charge on any atom is -0.310 e. The number of nitriles is 1. The number of benzene rings is 1. The first kappa shape index (κ1) is 14.9. The van der Waals surface area contributed by atoms with Crippen molar-refractivity contribution in [2.75, 3.05) is 12.8 Å². The van der Waals surface area contributed by atoms with Crippen molar-refractivity contribution in [2.45, 2.75) is 31.6 Å². The molecular weight excluding hydrogens is 244 g/mol. The molecule has 1 aromatic rings. The van der Waals surface area contributed by atoms with E-state index in [-0.39, 0.29) is 11.3 Å². The van der Waals surface area contributed by atoms with Gasteiger partial charge in [0.15, 0.2) is 0 Å². The van der Waals surface area contributed by atoms with Gasteiger partial charge in [0.05, 0.1) is 11.6 Å². The predicted molar refractivity (Wildman–Crippen MR) is 75.7 cm³/mol. The average molecular weight is 264 g/mol. The fraction of sp³-hybridized carbons (Fsp3) is 0.500. The molecule has 0 amide bonds. The van der Waals surface area contributed by atoms with E-state index in [0.29, 0.717) is 5.56 Å². The normalized spacial score (nSPS) is 15.7. The van der Waals surface area contributed by atoms with Crippen LogP contribution >= 0.6 is 0 Å². The van der Waals surface area contributed by atoms with E-state index in [9.17, 15) is 4.21 Å². The van der Waals surface area contributed by atoms with Gasteiger partial charge in [-0.05, 0) is 37.6 Å². The Kier molecular flexibility index (Phi) is 6.03. The summed E-state index contributed by atoms with van der Waals surface area (Å²) in [6, 6.07) is 9.96. The van der Waals surface area contributed by atoms with Gasteiger partial charge in [0.25, 0.3) is 0 Å². The molecule has 0 radical (unpaired) electrons. The average Bonchev–Trinajstić information content (AvgIpc) is 2.38. The minimum absolute atomic E-state index is 0.227. The van der Waals surface area contributed by atoms with Gasteiger partial charge in [0.2, 0.25) is 0 Å². The summed E-state index contributed by atoms with van der Waals surface area (Å²) >= 11 is 0. The zero-order valence-electron chi connectivity index (χ0n) is 11.1. The lowest BCUT2D eigenvalue weighted by atomic mass is 10.1. The van der Waals surface area contributed by atoms with Crippen LogP contribution < -0.4 is 5.32 Å². The summed E-state index contributed by atoms with van der Waals surface area (Å²) in [5.74, 6) is 0. The van der Waals surface area contributed by atoms with Gasteiger partial charge in [-0.25, -0.2) is 0 Å². The Balaban J connectivity index is 2.43. The Bertz CT molecular complexity index is 436. The molecule has 1 aromatic carbocycles. The van der Waals surface area contributed by atoms with Crippen molar-refractivity contribution in [3.8, 4) is 6.07 Å². The fourth-order valence-electron chi connectivity index (χ4n) is 1.63. The maximum Gasteiger partial charge on any atom is 0.0991 e. The second-order valence-corrected chi connectivity index (χ2v) is 6.31. The minimum atomic E-state index is -0.750. The van der Waals surface area contributed by atoms with Crippen molar-refractivity contribution in [1.82, 2.24) is 5.32 Å². The molecule has 3 atom stereocenters. The van der Waals surface area contributed by atoms with Crippen LogP contribution in [0.4, 0.5) is 0 Å². The van der Waals surface area contributed by atoms with Crippen molar-refractivity contribution >= 4 is 10.8 Å². The molecule has 0 saturated heterocycles. The lowest BCUT2D eigenvalue weighted by molar-refractivity contribution is 0.554. The number of nitrogens with one attached hydrogen (secondary N) is 1. The molecule has 0 aliphatic rings. The van der Waals surface area contributed by atoms with Crippen molar-refractivity contribution < 1.29 is 4.21 Å². The quantitative estimate of drug-likeness (QED) is 0.858. The summed E-state index contributed by atoms with van der Waals surface area (Å²) in [5, 5.41) is 12.4. The van der Waals surface area contributed by atoms with E-state index < -0.39 is 10.8 Å². The summed E-state index contributed by atoms with van der Waals surface area (Å²) in [4.78, 5) is 0. The monoisotopic (exact) mass is 264 g/mol. The first-order chi connectivity index (χ1) is 8.54. The van der Waals surface area contributed by atoms with Crippen LogP contribution in [0.1, 0.15) is 37.4 Å². The van der Waals surface area contributed by atoms with Crippen molar-refractivity contribution in [3.05, 3.63) is 35.4 Å². The molecule has 0 aromatic heterocycles. The van der Waals surface area contributed by atoms with E-state index in [1.165, 1.54) is 5.56 Å². The van der Waals surface area contributed by atoms with Crippen LogP contribution in [0.2, 0.25) is 0 Å². The van der Waals surface area contributed by atoms with Gasteiger partial charge in [-0.3, -0.25) is 4.21 Å². The summed E-state index contributed by atoms with van der Waals surface area (Å²) < 4.78 is 11.2. The van der Waals surface area contributed by atoms with Crippen LogP contribution in [-0.4, -0.2) is 22.3 Å². The molecule has 1 rings (SSSR count). The lowest BCUT2D eigenvalue weighted by Gasteiger charge is -2.15. The Hall–Kier alpha value is -1.18. The maximum absolute atomic E-state index is 11.2. The van der Waals surface area contributed by atoms with Crippen LogP contribution in [-0.2, 0) is 10.8 Å². The molecule has 0 spiro atoms. The molecule has 0 aliphatic heterocycles. The van der Waals surface area contributed by atoms with Crippen molar-refractivity contribution in [2.24, 2.45) is 0 Å². The Morgan fingerprint density at radius 3 is 2.44 bits per heavy atom. The van der Waals surface area contributed by atoms with Crippen molar-refractivity contribution in [3.63, 3.8) is 0 Å². The van der Waals surface area contributed by atoms with Gasteiger partial charge in [-0.15, -0.1) is 0 Å². The van der Waals surface area contributed by atoms with Gasteiger partial charge in [0, 0.05) is 28.3 Å². The third-order valence-electron chi connectivity index (χ3n) is 3.11. The molecule has 0 heterocycles. The van der Waals surface area contributed by atoms with E-state index in [2.05, 4.69) is 18.3 Å². The topological polar surface area (TPSA) is 52.9 Å². The molecule has 3 unspecified atom stereocenters. The highest BCUT2D eigenvalue weighted by molar-refractivity contribution is 7.84. The second kappa shape index (κ2) is 7.30. The Labute approximate surface area is 112 Å². The number of hydrogen-bond acceptors (Lipinski definition) is 3. The van der Waals surface area contributed by atoms with Crippen LogP contribution in [0.15, 0.2) is 24.3 Å². The molecular formula is C14H20N2OS. The standard InChI is InChI=1S/C14H20N2OS/c1-11(18(3)17)8-9-16-12(2)14-6-4-13(10-15)5-7-14/h4-7,11-12,16H,8-9H2,1-3H3. The third kappa shape index (κ3) is 4.59. The highest BCUT2D eigenvalue weighted by atomic mass is 32.2. The van der Waals surface area contributed by atoms with Gasteiger partial charge < -0.3 is 5.32 Å². The molecule has 98 valence electrons. The summed E-state index contributed by atoms with van der Waals surface area (Å²) in [7, 11) is -0.750. The zero-order valence-corrected chi connectivity index (χ0v) is 12.0. The van der Waals surface area contributed by atoms with E-state index in [0.717, 1.165) is 13.0 Å². The summed E-state index contributed by atoms with van der Waals surface area (Å²) in [5.41, 5.74) is 1.85. The summed E-state index contributed by atoms with van der Waals surface area (Å²) in [6.07, 6.45) is 2.65. The highest BCUT2D eigenvalue weighted by Crippen LogP contribution is 2.13. The van der Waals surface area contributed by atoms with Gasteiger partial charge in [0.1, 0.15) is 0 Å². The van der Waals surface area contributed by atoms with Crippen LogP contribution in [0.5, 0.6) is 0 Å². The Morgan fingerprint density at radius 2 is 1.94 bits per heavy atom. The van der Waals surface area contributed by atoms with E-state index in [4.69, 9.17) is 5.26 Å². The fourth-order valence-corrected chi connectivity index (χ4v) is 2.08. The second-order valence-electron chi connectivity index (χ2n) is 4.51. The van der Waals surface area contributed by atoms with Crippen molar-refractivity contribution in [1.29, 1.82) is 5.26 Å². The summed E-state index contributed by atoms with van der Waals surface area (Å²) in [6.45, 7) is 4.95. The Morgan fingerprint density at radius 1 is 1.33 bits per heavy atom. The van der Waals surface area contributed by atoms with E-state index >= 15 is 0 Å². The molecule has 18 heavy (non-hydrogen) atoms. The largest absolute Gasteiger partial charge is 0.310 e. The van der Waals surface area contributed by atoms with Crippen LogP contribution in [0.25, 0.3) is 0 Å². The van der Waals surface area contributed by atoms with Gasteiger partial charge in [-0.1, -0.05) is 19.1 Å². The molecule has 0 aliphatic carbocycles. The molecule has 0 bridgehead atoms. The van der Waals surface area contributed by atoms with Crippen LogP contribution in [0.3, 0.4) is 0 Å². The van der Waals surface area contributed by atoms with Gasteiger partial charge in [-0.2, -0.15) is 5.26 Å². The molecule has 1 N–H and O–H groups in total. The first-order valence-corrected chi connectivity index (χ1v) is 7.72. The van der Waals surface area contributed by atoms with E-state index in [1.54, 1.807) is 6.26 Å². The SMILES string of the molecule is CC(NCCC(C)S(C)=O)c1ccc(C#N)cc1. The number of rotatable bonds is 6. The highest BCUT2D eigenvalue weighted by Gasteiger charge is 2.08. The zero-order chi connectivity index (χ0) is 13.5. The molecule has 0 fully saturated rings. The molecule has 0 saturated carbocycles. The van der Waals surface area contributed by atoms with E-state index in [1.807, 2.05) is 31.2 Å². The third-order valence-corrected chi connectivity index (χ3v) is 4.48. The molecule has 3 nitrogen and oxygen atoms in total. The van der Waals surface area contributed by atoms with Crippen LogP contribution in [0, 0.1) is 11.3 Å². The molecule has 4 heteroatoms. The number of hydrogen-bond donors (Lipinski definition) is 1. The smallest absolute Gasteiger partial charge is 0.0991 e.